The molecule has 5 heteroatoms. The maximum absolute atomic E-state index is 12.5. The fourth-order valence-corrected chi connectivity index (χ4v) is 3.83. The summed E-state index contributed by atoms with van der Waals surface area (Å²) in [7, 11) is 0. The number of aryl methyl sites for hydroxylation is 2. The quantitative estimate of drug-likeness (QED) is 0.678. The Balaban J connectivity index is 1.41. The van der Waals surface area contributed by atoms with E-state index in [1.165, 1.54) is 16.8 Å². The summed E-state index contributed by atoms with van der Waals surface area (Å²) in [5, 5.41) is 7.81. The van der Waals surface area contributed by atoms with Gasteiger partial charge in [-0.2, -0.15) is 5.10 Å². The summed E-state index contributed by atoms with van der Waals surface area (Å²) in [6.45, 7) is 4.61. The topological polar surface area (TPSA) is 56.2 Å². The van der Waals surface area contributed by atoms with Gasteiger partial charge in [-0.15, -0.1) is 0 Å². The Morgan fingerprint density at radius 2 is 2.00 bits per heavy atom. The van der Waals surface area contributed by atoms with E-state index in [0.717, 1.165) is 36.3 Å². The maximum Gasteiger partial charge on any atom is 0.223 e. The molecule has 2 aromatic carbocycles. The van der Waals surface area contributed by atoms with Crippen LogP contribution < -0.4 is 10.1 Å². The van der Waals surface area contributed by atoms with Crippen LogP contribution >= 0.6 is 0 Å². The molecule has 0 fully saturated rings. The first-order chi connectivity index (χ1) is 14.1. The zero-order valence-electron chi connectivity index (χ0n) is 17.0. The summed E-state index contributed by atoms with van der Waals surface area (Å²) in [6, 6.07) is 16.0. The summed E-state index contributed by atoms with van der Waals surface area (Å²) < 4.78 is 7.67. The summed E-state index contributed by atoms with van der Waals surface area (Å²) in [6.07, 6.45) is 5.21. The number of aromatic nitrogens is 2. The van der Waals surface area contributed by atoms with E-state index in [9.17, 15) is 4.79 Å². The van der Waals surface area contributed by atoms with Gasteiger partial charge < -0.3 is 10.1 Å². The first kappa shape index (κ1) is 19.2. The Morgan fingerprint density at radius 3 is 2.79 bits per heavy atom. The zero-order chi connectivity index (χ0) is 20.2. The molecule has 1 N–H and O–H groups in total. The van der Waals surface area contributed by atoms with Gasteiger partial charge in [0.05, 0.1) is 31.0 Å². The highest BCUT2D eigenvalue weighted by Gasteiger charge is 2.26. The molecule has 0 radical (unpaired) electrons. The monoisotopic (exact) mass is 389 g/mol. The van der Waals surface area contributed by atoms with Gasteiger partial charge in [0.1, 0.15) is 5.75 Å². The van der Waals surface area contributed by atoms with Crippen LogP contribution in [0.1, 0.15) is 47.7 Å². The molecular formula is C24H27N3O2. The molecule has 1 atom stereocenters. The van der Waals surface area contributed by atoms with Gasteiger partial charge in [0.2, 0.25) is 5.91 Å². The Morgan fingerprint density at radius 1 is 1.17 bits per heavy atom. The lowest BCUT2D eigenvalue weighted by molar-refractivity contribution is -0.122. The van der Waals surface area contributed by atoms with Crippen LogP contribution in [-0.2, 0) is 11.2 Å². The minimum Gasteiger partial charge on any atom is -0.493 e. The third kappa shape index (κ3) is 4.34. The SMILES string of the molecule is Cc1ccc(-n2ncc3c2CCCC3NC(=O)CCOc2ccccc2)cc1C. The van der Waals surface area contributed by atoms with Gasteiger partial charge in [-0.1, -0.05) is 24.3 Å². The first-order valence-corrected chi connectivity index (χ1v) is 10.2. The number of rotatable bonds is 6. The predicted molar refractivity (Wildman–Crippen MR) is 113 cm³/mol. The van der Waals surface area contributed by atoms with Crippen molar-refractivity contribution in [2.24, 2.45) is 0 Å². The third-order valence-corrected chi connectivity index (χ3v) is 5.59. The van der Waals surface area contributed by atoms with Gasteiger partial charge in [-0.05, 0) is 68.5 Å². The molecule has 150 valence electrons. The number of para-hydroxylation sites is 1. The van der Waals surface area contributed by atoms with Crippen molar-refractivity contribution in [2.45, 2.75) is 45.6 Å². The largest absolute Gasteiger partial charge is 0.493 e. The van der Waals surface area contributed by atoms with Gasteiger partial charge in [-0.25, -0.2) is 4.68 Å². The minimum absolute atomic E-state index is 0.0118. The number of nitrogens with one attached hydrogen (secondary N) is 1. The van der Waals surface area contributed by atoms with Crippen molar-refractivity contribution < 1.29 is 9.53 Å². The highest BCUT2D eigenvalue weighted by Crippen LogP contribution is 2.31. The average Bonchev–Trinajstić information content (AvgIpc) is 3.16. The van der Waals surface area contributed by atoms with Crippen LogP contribution in [0.2, 0.25) is 0 Å². The lowest BCUT2D eigenvalue weighted by Gasteiger charge is -2.24. The second-order valence-corrected chi connectivity index (χ2v) is 7.65. The molecule has 29 heavy (non-hydrogen) atoms. The normalized spacial score (nSPS) is 15.6. The molecule has 1 amide bonds. The van der Waals surface area contributed by atoms with Crippen molar-refractivity contribution in [1.82, 2.24) is 15.1 Å². The highest BCUT2D eigenvalue weighted by molar-refractivity contribution is 5.76. The summed E-state index contributed by atoms with van der Waals surface area (Å²) in [4.78, 5) is 12.5. The Kier molecular flexibility index (Phi) is 5.65. The molecule has 3 aromatic rings. The smallest absolute Gasteiger partial charge is 0.223 e. The molecule has 4 rings (SSSR count). The molecule has 1 aliphatic carbocycles. The Bertz CT molecular complexity index is 995. The van der Waals surface area contributed by atoms with Crippen LogP contribution in [0.15, 0.2) is 54.7 Å². The van der Waals surface area contributed by atoms with E-state index in [1.807, 2.05) is 41.2 Å². The number of carbonyl (C=O) groups is 1. The van der Waals surface area contributed by atoms with Gasteiger partial charge in [-0.3, -0.25) is 4.79 Å². The summed E-state index contributed by atoms with van der Waals surface area (Å²) in [5.41, 5.74) is 5.94. The molecule has 0 saturated heterocycles. The molecule has 1 aliphatic rings. The van der Waals surface area contributed by atoms with E-state index in [0.29, 0.717) is 13.0 Å². The fourth-order valence-electron chi connectivity index (χ4n) is 3.83. The van der Waals surface area contributed by atoms with E-state index in [2.05, 4.69) is 42.5 Å². The molecule has 1 unspecified atom stereocenters. The van der Waals surface area contributed by atoms with Crippen LogP contribution in [-0.4, -0.2) is 22.3 Å². The second-order valence-electron chi connectivity index (χ2n) is 7.65. The Hall–Kier alpha value is -3.08. The van der Waals surface area contributed by atoms with E-state index >= 15 is 0 Å². The number of fused-ring (bicyclic) bond motifs is 1. The lowest BCUT2D eigenvalue weighted by Crippen LogP contribution is -2.31. The molecule has 0 bridgehead atoms. The molecule has 0 aliphatic heterocycles. The number of hydrogen-bond acceptors (Lipinski definition) is 3. The third-order valence-electron chi connectivity index (χ3n) is 5.59. The van der Waals surface area contributed by atoms with E-state index in [4.69, 9.17) is 4.74 Å². The Labute approximate surface area is 171 Å². The van der Waals surface area contributed by atoms with Gasteiger partial charge >= 0.3 is 0 Å². The number of benzene rings is 2. The molecule has 0 spiro atoms. The average molecular weight is 389 g/mol. The van der Waals surface area contributed by atoms with Crippen molar-refractivity contribution in [3.05, 3.63) is 77.1 Å². The van der Waals surface area contributed by atoms with Crippen LogP contribution in [0.25, 0.3) is 5.69 Å². The molecule has 5 nitrogen and oxygen atoms in total. The lowest BCUT2D eigenvalue weighted by atomic mass is 9.92. The highest BCUT2D eigenvalue weighted by atomic mass is 16.5. The second kappa shape index (κ2) is 8.52. The first-order valence-electron chi connectivity index (χ1n) is 10.2. The number of amides is 1. The van der Waals surface area contributed by atoms with Crippen LogP contribution in [0.3, 0.4) is 0 Å². The number of hydrogen-bond donors (Lipinski definition) is 1. The van der Waals surface area contributed by atoms with Crippen molar-refractivity contribution in [1.29, 1.82) is 0 Å². The van der Waals surface area contributed by atoms with Crippen LogP contribution in [0, 0.1) is 13.8 Å². The number of nitrogens with zero attached hydrogens (tertiary/aromatic N) is 2. The molecular weight excluding hydrogens is 362 g/mol. The fraction of sp³-hybridized carbons (Fsp3) is 0.333. The molecule has 1 aromatic heterocycles. The standard InChI is InChI=1S/C24H27N3O2/c1-17-11-12-19(15-18(17)2)27-23-10-6-9-22(21(23)16-25-27)26-24(28)13-14-29-20-7-4-3-5-8-20/h3-5,7-8,11-12,15-16,22H,6,9-10,13-14H2,1-2H3,(H,26,28). The van der Waals surface area contributed by atoms with Crippen LogP contribution in [0.5, 0.6) is 5.75 Å². The van der Waals surface area contributed by atoms with Gasteiger partial charge in [0.15, 0.2) is 0 Å². The van der Waals surface area contributed by atoms with Crippen molar-refractivity contribution >= 4 is 5.91 Å². The van der Waals surface area contributed by atoms with E-state index < -0.39 is 0 Å². The van der Waals surface area contributed by atoms with Gasteiger partial charge in [0, 0.05) is 11.3 Å². The number of carbonyl (C=O) groups excluding carboxylic acids is 1. The summed E-state index contributed by atoms with van der Waals surface area (Å²) >= 11 is 0. The van der Waals surface area contributed by atoms with Gasteiger partial charge in [0.25, 0.3) is 0 Å². The van der Waals surface area contributed by atoms with Crippen LogP contribution in [0.4, 0.5) is 0 Å². The number of ether oxygens (including phenoxy) is 1. The van der Waals surface area contributed by atoms with E-state index in [1.54, 1.807) is 0 Å². The molecule has 1 heterocycles. The predicted octanol–water partition coefficient (Wildman–Crippen LogP) is 4.45. The minimum atomic E-state index is 0.0118. The summed E-state index contributed by atoms with van der Waals surface area (Å²) in [5.74, 6) is 0.799. The van der Waals surface area contributed by atoms with E-state index in [-0.39, 0.29) is 11.9 Å². The van der Waals surface area contributed by atoms with Crippen molar-refractivity contribution in [3.63, 3.8) is 0 Å². The maximum atomic E-state index is 12.5. The molecule has 0 saturated carbocycles. The van der Waals surface area contributed by atoms with Crippen molar-refractivity contribution in [2.75, 3.05) is 6.61 Å². The zero-order valence-corrected chi connectivity index (χ0v) is 17.0. The van der Waals surface area contributed by atoms with Crippen molar-refractivity contribution in [3.8, 4) is 11.4 Å².